The number of halogens is 5. The fraction of sp³-hybridized carbons (Fsp3) is 0.875. The smallest absolute Gasteiger partial charge is 0.112 e. The van der Waals surface area contributed by atoms with Gasteiger partial charge in [-0.1, -0.05) is 0 Å². The van der Waals surface area contributed by atoms with Gasteiger partial charge >= 0.3 is 0 Å². The zero-order chi connectivity index (χ0) is 11.2. The lowest BCUT2D eigenvalue weighted by atomic mass is 9.90. The molecule has 0 radical (unpaired) electrons. The summed E-state index contributed by atoms with van der Waals surface area (Å²) in [6.45, 7) is 0. The molecule has 1 saturated carbocycles. The molecule has 2 aliphatic rings. The predicted molar refractivity (Wildman–Crippen MR) is 67.4 cm³/mol. The molecule has 0 unspecified atom stereocenters. The van der Waals surface area contributed by atoms with Gasteiger partial charge in [-0.15, -0.1) is 58.0 Å². The minimum absolute atomic E-state index is 0.0691. The second-order valence-corrected chi connectivity index (χ2v) is 5.93. The number of hydrogen-bond donors (Lipinski definition) is 1. The Labute approximate surface area is 113 Å². The van der Waals surface area contributed by atoms with Gasteiger partial charge in [0.15, 0.2) is 0 Å². The maximum absolute atomic E-state index is 6.20. The van der Waals surface area contributed by atoms with Crippen LogP contribution in [0.25, 0.3) is 0 Å². The van der Waals surface area contributed by atoms with Crippen molar-refractivity contribution in [2.45, 2.75) is 33.6 Å². The number of alkyl halides is 5. The summed E-state index contributed by atoms with van der Waals surface area (Å²) in [4.78, 5) is 4.36. The van der Waals surface area contributed by atoms with E-state index in [-0.39, 0.29) is 33.6 Å². The van der Waals surface area contributed by atoms with Crippen LogP contribution in [0.1, 0.15) is 0 Å². The summed E-state index contributed by atoms with van der Waals surface area (Å²) in [5.41, 5.74) is 0. The van der Waals surface area contributed by atoms with Gasteiger partial charge in [0.05, 0.1) is 39.5 Å². The van der Waals surface area contributed by atoms with E-state index in [0.29, 0.717) is 11.7 Å². The third-order valence-electron chi connectivity index (χ3n) is 2.71. The van der Waals surface area contributed by atoms with E-state index in [9.17, 15) is 0 Å². The Kier molecular flexibility index (Phi) is 3.84. The van der Waals surface area contributed by atoms with Crippen LogP contribution in [0.15, 0.2) is 4.99 Å². The number of hydrogen-bond acceptors (Lipinski definition) is 2. The van der Waals surface area contributed by atoms with Crippen molar-refractivity contribution in [2.75, 3.05) is 5.88 Å². The molecule has 0 aromatic heterocycles. The third-order valence-corrected chi connectivity index (χ3v) is 5.51. The van der Waals surface area contributed by atoms with Crippen LogP contribution in [0.4, 0.5) is 0 Å². The Morgan fingerprint density at radius 1 is 1.00 bits per heavy atom. The van der Waals surface area contributed by atoms with Gasteiger partial charge in [0.2, 0.25) is 0 Å². The molecule has 0 aromatic rings. The van der Waals surface area contributed by atoms with Gasteiger partial charge in [0, 0.05) is 0 Å². The average molecular weight is 310 g/mol. The lowest BCUT2D eigenvalue weighted by Crippen LogP contribution is -2.58. The summed E-state index contributed by atoms with van der Waals surface area (Å²) in [5, 5.41) is 1.78. The van der Waals surface area contributed by atoms with Gasteiger partial charge in [-0.25, -0.2) is 0 Å². The van der Waals surface area contributed by atoms with E-state index >= 15 is 0 Å². The first kappa shape index (κ1) is 12.4. The second-order valence-electron chi connectivity index (χ2n) is 3.65. The lowest BCUT2D eigenvalue weighted by Gasteiger charge is -2.38. The lowest BCUT2D eigenvalue weighted by molar-refractivity contribution is 0.405. The molecule has 2 rings (SSSR count). The highest BCUT2D eigenvalue weighted by atomic mass is 35.5. The molecule has 1 N–H and O–H groups in total. The minimum atomic E-state index is -0.377. The van der Waals surface area contributed by atoms with Crippen molar-refractivity contribution in [1.29, 1.82) is 0 Å². The molecule has 0 bridgehead atoms. The number of nitrogens with one attached hydrogen (secondary N) is 1. The van der Waals surface area contributed by atoms with Gasteiger partial charge in [0.1, 0.15) is 5.84 Å². The number of fused-ring (bicyclic) bond motifs is 1. The van der Waals surface area contributed by atoms with Gasteiger partial charge < -0.3 is 5.32 Å². The molecular formula is C8H9Cl5N2. The molecule has 86 valence electrons. The van der Waals surface area contributed by atoms with Gasteiger partial charge in [-0.05, 0) is 0 Å². The summed E-state index contributed by atoms with van der Waals surface area (Å²) in [6, 6.07) is -0.208. The van der Waals surface area contributed by atoms with Crippen LogP contribution >= 0.6 is 58.0 Å². The van der Waals surface area contributed by atoms with E-state index in [1.54, 1.807) is 0 Å². The second kappa shape index (κ2) is 4.66. The van der Waals surface area contributed by atoms with E-state index in [1.807, 2.05) is 0 Å². The minimum Gasteiger partial charge on any atom is -0.366 e. The highest BCUT2D eigenvalue weighted by Gasteiger charge is 2.50. The number of rotatable bonds is 1. The van der Waals surface area contributed by atoms with Crippen LogP contribution in [-0.4, -0.2) is 45.3 Å². The normalized spacial score (nSPS) is 49.5. The van der Waals surface area contributed by atoms with E-state index in [2.05, 4.69) is 10.3 Å². The van der Waals surface area contributed by atoms with Crippen LogP contribution in [-0.2, 0) is 0 Å². The van der Waals surface area contributed by atoms with Crippen molar-refractivity contribution in [2.24, 2.45) is 4.99 Å². The maximum Gasteiger partial charge on any atom is 0.112 e. The molecule has 0 saturated heterocycles. The molecule has 0 amide bonds. The van der Waals surface area contributed by atoms with E-state index in [4.69, 9.17) is 58.0 Å². The van der Waals surface area contributed by atoms with E-state index in [0.717, 1.165) is 0 Å². The van der Waals surface area contributed by atoms with Crippen LogP contribution in [0.5, 0.6) is 0 Å². The highest BCUT2D eigenvalue weighted by Crippen LogP contribution is 2.38. The summed E-state index contributed by atoms with van der Waals surface area (Å²) >= 11 is 30.3. The molecule has 1 aliphatic heterocycles. The predicted octanol–water partition coefficient (Wildman–Crippen LogP) is 2.41. The van der Waals surface area contributed by atoms with Crippen LogP contribution in [0, 0.1) is 0 Å². The van der Waals surface area contributed by atoms with Crippen LogP contribution < -0.4 is 5.32 Å². The zero-order valence-electron chi connectivity index (χ0n) is 7.51. The number of amidine groups is 1. The molecular weight excluding hydrogens is 301 g/mol. The quantitative estimate of drug-likeness (QED) is 0.739. The fourth-order valence-electron chi connectivity index (χ4n) is 1.92. The Morgan fingerprint density at radius 3 is 2.20 bits per heavy atom. The molecule has 1 fully saturated rings. The number of nitrogens with zero attached hydrogens (tertiary/aromatic N) is 1. The van der Waals surface area contributed by atoms with Crippen LogP contribution in [0.3, 0.4) is 0 Å². The SMILES string of the molecule is ClCC1=N[C@H]2[C@@H](Cl)[C@@H](Cl)[C@@H](Cl)[C@@H](Cl)[C@H]2N1. The Balaban J connectivity index is 2.22. The molecule has 1 heterocycles. The summed E-state index contributed by atoms with van der Waals surface area (Å²) in [5.74, 6) is 1.03. The van der Waals surface area contributed by atoms with Crippen molar-refractivity contribution in [3.63, 3.8) is 0 Å². The Hall–Kier alpha value is 0.920. The molecule has 6 atom stereocenters. The summed E-state index contributed by atoms with van der Waals surface area (Å²) < 4.78 is 0. The zero-order valence-corrected chi connectivity index (χ0v) is 11.3. The average Bonchev–Trinajstić information content (AvgIpc) is 2.67. The molecule has 1 aliphatic carbocycles. The molecule has 15 heavy (non-hydrogen) atoms. The Bertz CT molecular complexity index is 284. The van der Waals surface area contributed by atoms with Crippen molar-refractivity contribution in [3.05, 3.63) is 0 Å². The standard InChI is InChI=1S/C8H9Cl5N2/c9-1-2-14-7-5(12)3(10)4(11)6(13)8(7)15-2/h3-8H,1H2,(H,14,15)/t3-,4+,5-,6+,7-,8+. The van der Waals surface area contributed by atoms with E-state index in [1.165, 1.54) is 0 Å². The summed E-state index contributed by atoms with van der Waals surface area (Å²) in [7, 11) is 0. The van der Waals surface area contributed by atoms with E-state index < -0.39 is 0 Å². The first-order chi connectivity index (χ1) is 7.06. The van der Waals surface area contributed by atoms with Gasteiger partial charge in [-0.3, -0.25) is 4.99 Å². The van der Waals surface area contributed by atoms with Crippen molar-refractivity contribution in [3.8, 4) is 0 Å². The topological polar surface area (TPSA) is 24.4 Å². The molecule has 0 aromatic carbocycles. The monoisotopic (exact) mass is 308 g/mol. The van der Waals surface area contributed by atoms with Crippen molar-refractivity contribution in [1.82, 2.24) is 5.32 Å². The Morgan fingerprint density at radius 2 is 1.60 bits per heavy atom. The number of aliphatic imine (C=N–C) groups is 1. The molecule has 7 heteroatoms. The first-order valence-electron chi connectivity index (χ1n) is 4.51. The van der Waals surface area contributed by atoms with Crippen molar-refractivity contribution >= 4 is 63.8 Å². The largest absolute Gasteiger partial charge is 0.366 e. The molecule has 0 spiro atoms. The molecule has 2 nitrogen and oxygen atoms in total. The maximum atomic E-state index is 6.20. The first-order valence-corrected chi connectivity index (χ1v) is 6.79. The van der Waals surface area contributed by atoms with Gasteiger partial charge in [-0.2, -0.15) is 0 Å². The third kappa shape index (κ3) is 2.04. The van der Waals surface area contributed by atoms with Gasteiger partial charge in [0.25, 0.3) is 0 Å². The van der Waals surface area contributed by atoms with Crippen LogP contribution in [0.2, 0.25) is 0 Å². The summed E-state index contributed by atoms with van der Waals surface area (Å²) in [6.07, 6.45) is 0. The highest BCUT2D eigenvalue weighted by molar-refractivity contribution is 6.39. The fourth-order valence-corrected chi connectivity index (χ4v) is 3.58. The van der Waals surface area contributed by atoms with Crippen molar-refractivity contribution < 1.29 is 0 Å².